The molecule has 0 fully saturated rings. The number of benzene rings is 3. The van der Waals surface area contributed by atoms with Gasteiger partial charge in [0.15, 0.2) is 0 Å². The lowest BCUT2D eigenvalue weighted by Crippen LogP contribution is -2.14. The second kappa shape index (κ2) is 6.28. The number of hydrogen-bond donors (Lipinski definition) is 1. The molecule has 1 aliphatic heterocycles. The Morgan fingerprint density at radius 2 is 1.54 bits per heavy atom. The van der Waals surface area contributed by atoms with E-state index in [1.54, 1.807) is 0 Å². The van der Waals surface area contributed by atoms with Crippen molar-refractivity contribution >= 4 is 17.1 Å². The van der Waals surface area contributed by atoms with E-state index in [0.29, 0.717) is 0 Å². The summed E-state index contributed by atoms with van der Waals surface area (Å²) in [6, 6.07) is 25.0. The van der Waals surface area contributed by atoms with Crippen LogP contribution in [0.1, 0.15) is 23.6 Å². The molecule has 24 heavy (non-hydrogen) atoms. The highest BCUT2D eigenvalue weighted by Crippen LogP contribution is 2.35. The predicted octanol–water partition coefficient (Wildman–Crippen LogP) is 5.50. The van der Waals surface area contributed by atoms with E-state index in [1.807, 2.05) is 54.6 Å². The average Bonchev–Trinajstić information content (AvgIpc) is 2.83. The molecule has 118 valence electrons. The third-order valence-corrected chi connectivity index (χ3v) is 4.27. The first kappa shape index (κ1) is 14.6. The van der Waals surface area contributed by atoms with Gasteiger partial charge in [0.2, 0.25) is 0 Å². The Morgan fingerprint density at radius 1 is 0.833 bits per heavy atom. The Hall–Kier alpha value is -2.94. The van der Waals surface area contributed by atoms with Crippen LogP contribution in [0.4, 0.5) is 15.8 Å². The molecule has 3 aromatic rings. The van der Waals surface area contributed by atoms with Crippen LogP contribution in [-0.2, 0) is 0 Å². The SMILES string of the molecule is Fc1ccc([C@H]2CC(c3ccccc3)=Nc3ccccc3N2)cc1. The van der Waals surface area contributed by atoms with Crippen molar-refractivity contribution < 1.29 is 4.39 Å². The topological polar surface area (TPSA) is 24.4 Å². The molecule has 1 N–H and O–H groups in total. The zero-order valence-electron chi connectivity index (χ0n) is 13.1. The molecular weight excluding hydrogens is 299 g/mol. The number of aliphatic imine (C=N–C) groups is 1. The van der Waals surface area contributed by atoms with Crippen LogP contribution >= 0.6 is 0 Å². The molecule has 2 nitrogen and oxygen atoms in total. The second-order valence-electron chi connectivity index (χ2n) is 5.89. The van der Waals surface area contributed by atoms with Crippen molar-refractivity contribution in [2.24, 2.45) is 4.99 Å². The molecule has 0 radical (unpaired) electrons. The van der Waals surface area contributed by atoms with E-state index >= 15 is 0 Å². The van der Waals surface area contributed by atoms with Crippen LogP contribution < -0.4 is 5.32 Å². The van der Waals surface area contributed by atoms with Gasteiger partial charge in [-0.25, -0.2) is 4.39 Å². The molecular formula is C21H17FN2. The number of anilines is 1. The molecule has 3 heteroatoms. The van der Waals surface area contributed by atoms with Crippen molar-refractivity contribution in [3.8, 4) is 0 Å². The molecule has 0 saturated heterocycles. The fraction of sp³-hybridized carbons (Fsp3) is 0.0952. The summed E-state index contributed by atoms with van der Waals surface area (Å²) in [4.78, 5) is 4.88. The molecule has 1 atom stereocenters. The molecule has 1 aliphatic rings. The lowest BCUT2D eigenvalue weighted by molar-refractivity contribution is 0.626. The first-order valence-corrected chi connectivity index (χ1v) is 8.03. The average molecular weight is 316 g/mol. The van der Waals surface area contributed by atoms with Gasteiger partial charge >= 0.3 is 0 Å². The van der Waals surface area contributed by atoms with Crippen LogP contribution in [0, 0.1) is 5.82 Å². The summed E-state index contributed by atoms with van der Waals surface area (Å²) in [6.07, 6.45) is 0.740. The Bertz CT molecular complexity index is 870. The van der Waals surface area contributed by atoms with Gasteiger partial charge in [0.05, 0.1) is 23.1 Å². The van der Waals surface area contributed by atoms with Crippen molar-refractivity contribution in [2.75, 3.05) is 5.32 Å². The standard InChI is InChI=1S/C21H17FN2/c22-17-12-10-16(11-13-17)21-14-20(15-6-2-1-3-7-15)23-18-8-4-5-9-19(18)24-21/h1-13,21,24H,14H2/t21-/m1/s1. The number of rotatable bonds is 2. The lowest BCUT2D eigenvalue weighted by atomic mass is 9.97. The number of halogens is 1. The maximum atomic E-state index is 13.3. The molecule has 4 rings (SSSR count). The van der Waals surface area contributed by atoms with Crippen LogP contribution in [-0.4, -0.2) is 5.71 Å². The number of fused-ring (bicyclic) bond motifs is 1. The van der Waals surface area contributed by atoms with Crippen molar-refractivity contribution in [3.63, 3.8) is 0 Å². The summed E-state index contributed by atoms with van der Waals surface area (Å²) in [7, 11) is 0. The number of hydrogen-bond acceptors (Lipinski definition) is 2. The molecule has 0 saturated carbocycles. The fourth-order valence-corrected chi connectivity index (χ4v) is 3.03. The van der Waals surface area contributed by atoms with Crippen LogP contribution in [0.2, 0.25) is 0 Å². The van der Waals surface area contributed by atoms with Crippen molar-refractivity contribution in [3.05, 3.63) is 95.8 Å². The van der Waals surface area contributed by atoms with Gasteiger partial charge in [-0.3, -0.25) is 4.99 Å². The summed E-state index contributed by atoms with van der Waals surface area (Å²) < 4.78 is 13.3. The maximum absolute atomic E-state index is 13.3. The summed E-state index contributed by atoms with van der Waals surface area (Å²) >= 11 is 0. The van der Waals surface area contributed by atoms with E-state index in [9.17, 15) is 4.39 Å². The van der Waals surface area contributed by atoms with Gasteiger partial charge in [0, 0.05) is 6.42 Å². The zero-order chi connectivity index (χ0) is 16.4. The quantitative estimate of drug-likeness (QED) is 0.663. The molecule has 1 heterocycles. The highest BCUT2D eigenvalue weighted by atomic mass is 19.1. The van der Waals surface area contributed by atoms with Crippen LogP contribution in [0.25, 0.3) is 0 Å². The van der Waals surface area contributed by atoms with E-state index in [4.69, 9.17) is 4.99 Å². The summed E-state index contributed by atoms with van der Waals surface area (Å²) in [6.45, 7) is 0. The molecule has 0 spiro atoms. The molecule has 0 unspecified atom stereocenters. The maximum Gasteiger partial charge on any atom is 0.123 e. The monoisotopic (exact) mass is 316 g/mol. The van der Waals surface area contributed by atoms with Gasteiger partial charge in [-0.1, -0.05) is 54.6 Å². The zero-order valence-corrected chi connectivity index (χ0v) is 13.1. The van der Waals surface area contributed by atoms with E-state index in [2.05, 4.69) is 17.4 Å². The first-order valence-electron chi connectivity index (χ1n) is 8.03. The molecule has 0 bridgehead atoms. The normalized spacial score (nSPS) is 16.5. The Kier molecular flexibility index (Phi) is 3.83. The van der Waals surface area contributed by atoms with E-state index < -0.39 is 0 Å². The minimum Gasteiger partial charge on any atom is -0.376 e. The Balaban J connectivity index is 1.79. The molecule has 3 aromatic carbocycles. The minimum atomic E-state index is -0.218. The van der Waals surface area contributed by atoms with E-state index in [0.717, 1.165) is 34.6 Å². The first-order chi connectivity index (χ1) is 11.8. The van der Waals surface area contributed by atoms with Gasteiger partial charge in [-0.2, -0.15) is 0 Å². The number of para-hydroxylation sites is 2. The van der Waals surface area contributed by atoms with Gasteiger partial charge in [0.25, 0.3) is 0 Å². The smallest absolute Gasteiger partial charge is 0.123 e. The third kappa shape index (κ3) is 2.93. The summed E-state index contributed by atoms with van der Waals surface area (Å²) in [5.74, 6) is -0.218. The van der Waals surface area contributed by atoms with E-state index in [1.165, 1.54) is 12.1 Å². The molecule has 0 amide bonds. The fourth-order valence-electron chi connectivity index (χ4n) is 3.03. The van der Waals surface area contributed by atoms with Crippen LogP contribution in [0.15, 0.2) is 83.9 Å². The van der Waals surface area contributed by atoms with Gasteiger partial charge in [-0.15, -0.1) is 0 Å². The highest BCUT2D eigenvalue weighted by Gasteiger charge is 2.20. The summed E-state index contributed by atoms with van der Waals surface area (Å²) in [5, 5.41) is 3.56. The van der Waals surface area contributed by atoms with Gasteiger partial charge in [-0.05, 0) is 35.4 Å². The highest BCUT2D eigenvalue weighted by molar-refractivity contribution is 6.04. The third-order valence-electron chi connectivity index (χ3n) is 4.27. The van der Waals surface area contributed by atoms with Gasteiger partial charge in [0.1, 0.15) is 5.82 Å². The van der Waals surface area contributed by atoms with Crippen molar-refractivity contribution in [1.82, 2.24) is 0 Å². The largest absolute Gasteiger partial charge is 0.376 e. The van der Waals surface area contributed by atoms with Gasteiger partial charge < -0.3 is 5.32 Å². The predicted molar refractivity (Wildman–Crippen MR) is 96.5 cm³/mol. The molecule has 0 aliphatic carbocycles. The second-order valence-corrected chi connectivity index (χ2v) is 5.89. The van der Waals surface area contributed by atoms with Crippen LogP contribution in [0.3, 0.4) is 0 Å². The molecule has 0 aromatic heterocycles. The number of nitrogens with one attached hydrogen (secondary N) is 1. The Labute approximate surface area is 140 Å². The minimum absolute atomic E-state index is 0.0493. The van der Waals surface area contributed by atoms with E-state index in [-0.39, 0.29) is 11.9 Å². The van der Waals surface area contributed by atoms with Crippen molar-refractivity contribution in [2.45, 2.75) is 12.5 Å². The summed E-state index contributed by atoms with van der Waals surface area (Å²) in [5.41, 5.74) is 5.13. The van der Waals surface area contributed by atoms with Crippen LogP contribution in [0.5, 0.6) is 0 Å². The lowest BCUT2D eigenvalue weighted by Gasteiger charge is -2.19. The Morgan fingerprint density at radius 3 is 2.33 bits per heavy atom. The number of nitrogens with zero attached hydrogens (tertiary/aromatic N) is 1. The van der Waals surface area contributed by atoms with Crippen molar-refractivity contribution in [1.29, 1.82) is 0 Å².